The van der Waals surface area contributed by atoms with Crippen molar-refractivity contribution in [2.24, 2.45) is 0 Å². The molecular formula is C14H13BrN2O3S. The number of hydrogen-bond acceptors (Lipinski definition) is 3. The van der Waals surface area contributed by atoms with Crippen molar-refractivity contribution in [1.29, 1.82) is 0 Å². The summed E-state index contributed by atoms with van der Waals surface area (Å²) in [6.45, 7) is 1.95. The van der Waals surface area contributed by atoms with Crippen LogP contribution in [0.25, 0.3) is 0 Å². The number of nitrogens with one attached hydrogen (secondary N) is 2. The first-order valence-corrected chi connectivity index (χ1v) is 8.00. The number of carbonyl (C=O) groups excluding carboxylic acids is 1. The number of aromatic carboxylic acids is 1. The van der Waals surface area contributed by atoms with E-state index in [0.29, 0.717) is 16.7 Å². The number of carboxylic acid groups (broad SMARTS) is 1. The standard InChI is InChI=1S/C14H13BrN2O3S/c1-8-2-4-9(5-3-8)16-14(20)17-11-6-10(7-15)21-12(11)13(18)19/h2-6H,7H2,1H3,(H,18,19)(H2,16,17,20). The van der Waals surface area contributed by atoms with Crippen LogP contribution in [-0.2, 0) is 5.33 Å². The zero-order valence-corrected chi connectivity index (χ0v) is 13.5. The Balaban J connectivity index is 2.10. The van der Waals surface area contributed by atoms with E-state index in [2.05, 4.69) is 26.6 Å². The van der Waals surface area contributed by atoms with Crippen LogP contribution in [0, 0.1) is 6.92 Å². The number of hydrogen-bond donors (Lipinski definition) is 3. The van der Waals surface area contributed by atoms with E-state index in [4.69, 9.17) is 5.11 Å². The number of carbonyl (C=O) groups is 2. The van der Waals surface area contributed by atoms with E-state index >= 15 is 0 Å². The first kappa shape index (κ1) is 15.5. The second-order valence-electron chi connectivity index (χ2n) is 4.34. The van der Waals surface area contributed by atoms with Crippen molar-refractivity contribution in [3.63, 3.8) is 0 Å². The van der Waals surface area contributed by atoms with Crippen LogP contribution in [0.2, 0.25) is 0 Å². The highest BCUT2D eigenvalue weighted by Crippen LogP contribution is 2.29. The molecule has 0 spiro atoms. The Labute approximate surface area is 134 Å². The molecule has 5 nitrogen and oxygen atoms in total. The average Bonchev–Trinajstić information content (AvgIpc) is 2.84. The Kier molecular flexibility index (Phi) is 4.98. The van der Waals surface area contributed by atoms with Gasteiger partial charge in [0.25, 0.3) is 0 Å². The molecule has 0 saturated heterocycles. The lowest BCUT2D eigenvalue weighted by Crippen LogP contribution is -2.20. The monoisotopic (exact) mass is 368 g/mol. The van der Waals surface area contributed by atoms with E-state index in [1.54, 1.807) is 18.2 Å². The van der Waals surface area contributed by atoms with Crippen molar-refractivity contribution in [3.05, 3.63) is 45.6 Å². The third kappa shape index (κ3) is 4.05. The lowest BCUT2D eigenvalue weighted by Gasteiger charge is -2.07. The number of rotatable bonds is 4. The molecule has 110 valence electrons. The van der Waals surface area contributed by atoms with Crippen molar-refractivity contribution < 1.29 is 14.7 Å². The van der Waals surface area contributed by atoms with E-state index in [1.165, 1.54) is 0 Å². The summed E-state index contributed by atoms with van der Waals surface area (Å²) < 4.78 is 0. The second-order valence-corrected chi connectivity index (χ2v) is 6.04. The Morgan fingerprint density at radius 3 is 2.48 bits per heavy atom. The highest BCUT2D eigenvalue weighted by molar-refractivity contribution is 9.08. The first-order chi connectivity index (χ1) is 9.99. The molecule has 2 amide bonds. The molecular weight excluding hydrogens is 356 g/mol. The van der Waals surface area contributed by atoms with E-state index in [-0.39, 0.29) is 4.88 Å². The maximum Gasteiger partial charge on any atom is 0.348 e. The SMILES string of the molecule is Cc1ccc(NC(=O)Nc2cc(CBr)sc2C(=O)O)cc1. The van der Waals surface area contributed by atoms with Gasteiger partial charge in [0.1, 0.15) is 4.88 Å². The summed E-state index contributed by atoms with van der Waals surface area (Å²) in [5, 5.41) is 14.9. The summed E-state index contributed by atoms with van der Waals surface area (Å²) in [6.07, 6.45) is 0. The van der Waals surface area contributed by atoms with E-state index < -0.39 is 12.0 Å². The maximum atomic E-state index is 11.9. The fourth-order valence-corrected chi connectivity index (χ4v) is 2.99. The molecule has 0 fully saturated rings. The molecule has 0 saturated carbocycles. The lowest BCUT2D eigenvalue weighted by atomic mass is 10.2. The Morgan fingerprint density at radius 1 is 1.24 bits per heavy atom. The van der Waals surface area contributed by atoms with Gasteiger partial charge in [-0.25, -0.2) is 9.59 Å². The van der Waals surface area contributed by atoms with Gasteiger partial charge in [-0.05, 0) is 25.1 Å². The quantitative estimate of drug-likeness (QED) is 0.704. The van der Waals surface area contributed by atoms with Crippen molar-refractivity contribution in [2.45, 2.75) is 12.3 Å². The molecule has 0 unspecified atom stereocenters. The van der Waals surface area contributed by atoms with Crippen molar-refractivity contribution in [2.75, 3.05) is 10.6 Å². The zero-order valence-electron chi connectivity index (χ0n) is 11.1. The molecule has 0 aliphatic carbocycles. The van der Waals surface area contributed by atoms with Gasteiger partial charge < -0.3 is 15.7 Å². The molecule has 2 aromatic rings. The van der Waals surface area contributed by atoms with Crippen LogP contribution in [0.3, 0.4) is 0 Å². The molecule has 0 aliphatic rings. The van der Waals surface area contributed by atoms with Gasteiger partial charge in [-0.2, -0.15) is 0 Å². The Hall–Kier alpha value is -1.86. The summed E-state index contributed by atoms with van der Waals surface area (Å²) in [4.78, 5) is 24.0. The molecule has 1 heterocycles. The summed E-state index contributed by atoms with van der Waals surface area (Å²) >= 11 is 4.40. The van der Waals surface area contributed by atoms with Crippen LogP contribution in [0.15, 0.2) is 30.3 Å². The zero-order chi connectivity index (χ0) is 15.4. The molecule has 0 atom stereocenters. The first-order valence-electron chi connectivity index (χ1n) is 6.06. The van der Waals surface area contributed by atoms with Crippen molar-refractivity contribution >= 4 is 50.6 Å². The minimum atomic E-state index is -1.06. The molecule has 0 aliphatic heterocycles. The molecule has 2 rings (SSSR count). The molecule has 1 aromatic carbocycles. The summed E-state index contributed by atoms with van der Waals surface area (Å²) in [5.41, 5.74) is 2.03. The van der Waals surface area contributed by atoms with Gasteiger partial charge in [0.05, 0.1) is 5.69 Å². The van der Waals surface area contributed by atoms with Gasteiger partial charge in [0.15, 0.2) is 0 Å². The number of benzene rings is 1. The van der Waals surface area contributed by atoms with E-state index in [0.717, 1.165) is 21.8 Å². The largest absolute Gasteiger partial charge is 0.477 e. The second kappa shape index (κ2) is 6.73. The lowest BCUT2D eigenvalue weighted by molar-refractivity contribution is 0.0703. The Bertz CT molecular complexity index is 667. The summed E-state index contributed by atoms with van der Waals surface area (Å²) in [7, 11) is 0. The van der Waals surface area contributed by atoms with Gasteiger partial charge in [0.2, 0.25) is 0 Å². The van der Waals surface area contributed by atoms with Crippen LogP contribution >= 0.6 is 27.3 Å². The number of amides is 2. The predicted octanol–water partition coefficient (Wildman–Crippen LogP) is 4.29. The van der Waals surface area contributed by atoms with Crippen molar-refractivity contribution in [1.82, 2.24) is 0 Å². The number of halogens is 1. The van der Waals surface area contributed by atoms with Gasteiger partial charge >= 0.3 is 12.0 Å². The van der Waals surface area contributed by atoms with Crippen LogP contribution in [-0.4, -0.2) is 17.1 Å². The van der Waals surface area contributed by atoms with Crippen molar-refractivity contribution in [3.8, 4) is 0 Å². The van der Waals surface area contributed by atoms with Gasteiger partial charge in [0, 0.05) is 15.9 Å². The normalized spacial score (nSPS) is 10.2. The molecule has 3 N–H and O–H groups in total. The van der Waals surface area contributed by atoms with Crippen LogP contribution < -0.4 is 10.6 Å². The fraction of sp³-hybridized carbons (Fsp3) is 0.143. The minimum Gasteiger partial charge on any atom is -0.477 e. The summed E-state index contributed by atoms with van der Waals surface area (Å²) in [6, 6.07) is 8.50. The Morgan fingerprint density at radius 2 is 1.90 bits per heavy atom. The van der Waals surface area contributed by atoms with Gasteiger partial charge in [-0.3, -0.25) is 0 Å². The number of alkyl halides is 1. The molecule has 21 heavy (non-hydrogen) atoms. The number of carboxylic acids is 1. The van der Waals surface area contributed by atoms with Crippen LogP contribution in [0.1, 0.15) is 20.1 Å². The summed E-state index contributed by atoms with van der Waals surface area (Å²) in [5.74, 6) is -1.06. The molecule has 0 radical (unpaired) electrons. The smallest absolute Gasteiger partial charge is 0.348 e. The fourth-order valence-electron chi connectivity index (χ4n) is 1.68. The number of thiophene rings is 1. The number of urea groups is 1. The molecule has 0 bridgehead atoms. The van der Waals surface area contributed by atoms with Gasteiger partial charge in [-0.1, -0.05) is 33.6 Å². The maximum absolute atomic E-state index is 11.9. The minimum absolute atomic E-state index is 0.114. The highest BCUT2D eigenvalue weighted by Gasteiger charge is 2.17. The number of anilines is 2. The highest BCUT2D eigenvalue weighted by atomic mass is 79.9. The topological polar surface area (TPSA) is 78.4 Å². The molecule has 7 heteroatoms. The third-order valence-corrected chi connectivity index (χ3v) is 4.76. The average molecular weight is 369 g/mol. The third-order valence-electron chi connectivity index (χ3n) is 2.67. The van der Waals surface area contributed by atoms with E-state index in [9.17, 15) is 9.59 Å². The molecule has 1 aromatic heterocycles. The van der Waals surface area contributed by atoms with Crippen LogP contribution in [0.4, 0.5) is 16.2 Å². The van der Waals surface area contributed by atoms with Crippen LogP contribution in [0.5, 0.6) is 0 Å². The number of aryl methyl sites for hydroxylation is 1. The van der Waals surface area contributed by atoms with E-state index in [1.807, 2.05) is 19.1 Å². The van der Waals surface area contributed by atoms with Gasteiger partial charge in [-0.15, -0.1) is 11.3 Å². The predicted molar refractivity (Wildman–Crippen MR) is 87.7 cm³/mol.